The first-order valence-electron chi connectivity index (χ1n) is 12.0. The lowest BCUT2D eigenvalue weighted by Gasteiger charge is -2.35. The van der Waals surface area contributed by atoms with Gasteiger partial charge in [-0.1, -0.05) is 60.7 Å². The molecule has 4 rings (SSSR count). The van der Waals surface area contributed by atoms with Crippen molar-refractivity contribution in [1.29, 1.82) is 0 Å². The van der Waals surface area contributed by atoms with E-state index in [-0.39, 0.29) is 24.1 Å². The van der Waals surface area contributed by atoms with Gasteiger partial charge in [-0.25, -0.2) is 4.68 Å². The van der Waals surface area contributed by atoms with Gasteiger partial charge in [-0.15, -0.1) is 0 Å². The average Bonchev–Trinajstić information content (AvgIpc) is 2.86. The molecule has 0 aliphatic carbocycles. The van der Waals surface area contributed by atoms with Gasteiger partial charge in [0.2, 0.25) is 5.91 Å². The molecular weight excluding hydrogens is 426 g/mol. The zero-order valence-corrected chi connectivity index (χ0v) is 19.8. The Hall–Kier alpha value is -3.45. The molecule has 0 bridgehead atoms. The Morgan fingerprint density at radius 3 is 2.24 bits per heavy atom. The van der Waals surface area contributed by atoms with Crippen LogP contribution in [0, 0.1) is 0 Å². The van der Waals surface area contributed by atoms with Crippen molar-refractivity contribution in [2.24, 2.45) is 0 Å². The number of amides is 1. The first-order valence-corrected chi connectivity index (χ1v) is 12.0. The van der Waals surface area contributed by atoms with E-state index in [1.807, 2.05) is 31.2 Å². The van der Waals surface area contributed by atoms with E-state index in [1.165, 1.54) is 21.9 Å². The summed E-state index contributed by atoms with van der Waals surface area (Å²) in [6, 6.07) is 24.0. The number of nitrogens with one attached hydrogen (secondary N) is 1. The molecule has 1 atom stereocenters. The monoisotopic (exact) mass is 459 g/mol. The van der Waals surface area contributed by atoms with Crippen LogP contribution in [0.2, 0.25) is 0 Å². The van der Waals surface area contributed by atoms with E-state index in [9.17, 15) is 9.59 Å². The summed E-state index contributed by atoms with van der Waals surface area (Å²) >= 11 is 0. The number of anilines is 1. The summed E-state index contributed by atoms with van der Waals surface area (Å²) in [6.07, 6.45) is 1.73. The standard InChI is InChI=1S/C27H33N5O2/c1-22(12-13-23-8-4-2-5-9-23)28-26(33)21-32-27(34)15-14-25(29-32)31-18-16-30(17-19-31)20-24-10-6-3-7-11-24/h2-11,14-15,22H,12-13,16-21H2,1H3,(H,28,33). The van der Waals surface area contributed by atoms with Gasteiger partial charge < -0.3 is 10.2 Å². The third-order valence-corrected chi connectivity index (χ3v) is 6.21. The maximum atomic E-state index is 12.6. The Bertz CT molecular complexity index is 1110. The number of hydrogen-bond acceptors (Lipinski definition) is 5. The number of carbonyl (C=O) groups excluding carboxylic acids is 1. The second kappa shape index (κ2) is 11.6. The lowest BCUT2D eigenvalue weighted by atomic mass is 10.1. The first kappa shape index (κ1) is 23.7. The predicted molar refractivity (Wildman–Crippen MR) is 135 cm³/mol. The van der Waals surface area contributed by atoms with E-state index in [0.717, 1.165) is 51.4 Å². The molecule has 1 fully saturated rings. The topological polar surface area (TPSA) is 70.5 Å². The SMILES string of the molecule is CC(CCc1ccccc1)NC(=O)Cn1nc(N2CCN(Cc3ccccc3)CC2)ccc1=O. The maximum absolute atomic E-state index is 12.6. The van der Waals surface area contributed by atoms with Crippen molar-refractivity contribution in [1.82, 2.24) is 20.0 Å². The van der Waals surface area contributed by atoms with E-state index in [4.69, 9.17) is 0 Å². The number of carbonyl (C=O) groups is 1. The Morgan fingerprint density at radius 1 is 0.912 bits per heavy atom. The molecule has 3 aromatic rings. The molecule has 1 aliphatic heterocycles. The van der Waals surface area contributed by atoms with Gasteiger partial charge in [-0.05, 0) is 37.0 Å². The quantitative estimate of drug-likeness (QED) is 0.533. The number of hydrogen-bond donors (Lipinski definition) is 1. The molecule has 2 aromatic carbocycles. The van der Waals surface area contributed by atoms with Crippen molar-refractivity contribution in [3.05, 3.63) is 94.3 Å². The zero-order chi connectivity index (χ0) is 23.8. The first-order chi connectivity index (χ1) is 16.6. The molecule has 1 saturated heterocycles. The molecule has 178 valence electrons. The molecule has 34 heavy (non-hydrogen) atoms. The van der Waals surface area contributed by atoms with Crippen LogP contribution in [0.25, 0.3) is 0 Å². The molecule has 7 nitrogen and oxygen atoms in total. The Balaban J connectivity index is 1.28. The van der Waals surface area contributed by atoms with Crippen LogP contribution in [0.4, 0.5) is 5.82 Å². The van der Waals surface area contributed by atoms with Crippen LogP contribution < -0.4 is 15.8 Å². The van der Waals surface area contributed by atoms with Crippen molar-refractivity contribution in [3.63, 3.8) is 0 Å². The molecule has 0 saturated carbocycles. The number of aromatic nitrogens is 2. The molecule has 0 spiro atoms. The highest BCUT2D eigenvalue weighted by molar-refractivity contribution is 5.75. The zero-order valence-electron chi connectivity index (χ0n) is 19.8. The van der Waals surface area contributed by atoms with Crippen molar-refractivity contribution in [3.8, 4) is 0 Å². The van der Waals surface area contributed by atoms with E-state index < -0.39 is 0 Å². The van der Waals surface area contributed by atoms with Gasteiger partial charge in [0.1, 0.15) is 12.4 Å². The molecule has 1 aromatic heterocycles. The molecule has 1 N–H and O–H groups in total. The van der Waals surface area contributed by atoms with Crippen LogP contribution in [0.1, 0.15) is 24.5 Å². The highest BCUT2D eigenvalue weighted by Gasteiger charge is 2.19. The predicted octanol–water partition coefficient (Wildman–Crippen LogP) is 2.70. The average molecular weight is 460 g/mol. The fourth-order valence-electron chi connectivity index (χ4n) is 4.25. The van der Waals surface area contributed by atoms with Crippen LogP contribution >= 0.6 is 0 Å². The van der Waals surface area contributed by atoms with Crippen LogP contribution in [0.15, 0.2) is 77.6 Å². The highest BCUT2D eigenvalue weighted by Crippen LogP contribution is 2.14. The van der Waals surface area contributed by atoms with Crippen LogP contribution in [0.3, 0.4) is 0 Å². The summed E-state index contributed by atoms with van der Waals surface area (Å²) < 4.78 is 1.27. The van der Waals surface area contributed by atoms with Gasteiger partial charge in [0.15, 0.2) is 0 Å². The summed E-state index contributed by atoms with van der Waals surface area (Å²) in [6.45, 7) is 6.37. The highest BCUT2D eigenvalue weighted by atomic mass is 16.2. The summed E-state index contributed by atoms with van der Waals surface area (Å²) in [7, 11) is 0. The number of piperazine rings is 1. The number of aryl methyl sites for hydroxylation is 1. The van der Waals surface area contributed by atoms with Crippen molar-refractivity contribution in [2.45, 2.75) is 38.9 Å². The van der Waals surface area contributed by atoms with E-state index >= 15 is 0 Å². The van der Waals surface area contributed by atoms with E-state index in [2.05, 4.69) is 56.6 Å². The summed E-state index contributed by atoms with van der Waals surface area (Å²) in [5.74, 6) is 0.545. The Labute approximate surface area is 201 Å². The molecule has 7 heteroatoms. The number of nitrogens with zero attached hydrogens (tertiary/aromatic N) is 4. The fraction of sp³-hybridized carbons (Fsp3) is 0.370. The third kappa shape index (κ3) is 6.78. The molecule has 1 aliphatic rings. The van der Waals surface area contributed by atoms with Crippen molar-refractivity contribution < 1.29 is 4.79 Å². The normalized spacial score (nSPS) is 15.1. The molecule has 1 unspecified atom stereocenters. The van der Waals surface area contributed by atoms with Crippen molar-refractivity contribution >= 4 is 11.7 Å². The van der Waals surface area contributed by atoms with Crippen molar-refractivity contribution in [2.75, 3.05) is 31.1 Å². The molecule has 0 radical (unpaired) electrons. The van der Waals surface area contributed by atoms with Gasteiger partial charge in [-0.2, -0.15) is 5.10 Å². The minimum Gasteiger partial charge on any atom is -0.353 e. The minimum absolute atomic E-state index is 0.0179. The van der Waals surface area contributed by atoms with Crippen LogP contribution in [-0.2, 0) is 24.3 Å². The molecule has 2 heterocycles. The van der Waals surface area contributed by atoms with Crippen LogP contribution in [-0.4, -0.2) is 52.8 Å². The van der Waals surface area contributed by atoms with Gasteiger partial charge in [-0.3, -0.25) is 14.5 Å². The second-order valence-corrected chi connectivity index (χ2v) is 8.93. The van der Waals surface area contributed by atoms with Gasteiger partial charge in [0.25, 0.3) is 5.56 Å². The molecular formula is C27H33N5O2. The van der Waals surface area contributed by atoms with Gasteiger partial charge in [0, 0.05) is 44.8 Å². The van der Waals surface area contributed by atoms with Gasteiger partial charge >= 0.3 is 0 Å². The van der Waals surface area contributed by atoms with E-state index in [0.29, 0.717) is 0 Å². The largest absolute Gasteiger partial charge is 0.353 e. The Kier molecular flexibility index (Phi) is 8.09. The number of benzene rings is 2. The van der Waals surface area contributed by atoms with Crippen LogP contribution in [0.5, 0.6) is 0 Å². The second-order valence-electron chi connectivity index (χ2n) is 8.93. The fourth-order valence-corrected chi connectivity index (χ4v) is 4.25. The smallest absolute Gasteiger partial charge is 0.267 e. The minimum atomic E-state index is -0.265. The van der Waals surface area contributed by atoms with E-state index in [1.54, 1.807) is 6.07 Å². The molecule has 1 amide bonds. The van der Waals surface area contributed by atoms with Gasteiger partial charge in [0.05, 0.1) is 0 Å². The summed E-state index contributed by atoms with van der Waals surface area (Å²) in [5.41, 5.74) is 2.29. The Morgan fingerprint density at radius 2 is 1.56 bits per heavy atom. The lowest BCUT2D eigenvalue weighted by molar-refractivity contribution is -0.122. The summed E-state index contributed by atoms with van der Waals surface area (Å²) in [5, 5.41) is 7.49. The third-order valence-electron chi connectivity index (χ3n) is 6.21. The maximum Gasteiger partial charge on any atom is 0.267 e. The lowest BCUT2D eigenvalue weighted by Crippen LogP contribution is -2.47. The summed E-state index contributed by atoms with van der Waals surface area (Å²) in [4.78, 5) is 29.5. The number of rotatable bonds is 9.